The predicted octanol–water partition coefficient (Wildman–Crippen LogP) is 5.22. The molecule has 0 unspecified atom stereocenters. The van der Waals surface area contributed by atoms with Gasteiger partial charge in [-0.15, -0.1) is 0 Å². The maximum absolute atomic E-state index is 3.56. The summed E-state index contributed by atoms with van der Waals surface area (Å²) in [6, 6.07) is 0.863. The summed E-state index contributed by atoms with van der Waals surface area (Å²) in [7, 11) is 0. The minimum atomic E-state index is 0.863. The average molecular weight is 251 g/mol. The molecule has 18 heavy (non-hydrogen) atoms. The lowest BCUT2D eigenvalue weighted by molar-refractivity contribution is 0.588. The molecule has 1 N–H and O–H groups in total. The van der Waals surface area contributed by atoms with E-state index >= 15 is 0 Å². The van der Waals surface area contributed by atoms with Crippen molar-refractivity contribution >= 4 is 0 Å². The van der Waals surface area contributed by atoms with Crippen LogP contribution in [-0.2, 0) is 0 Å². The van der Waals surface area contributed by atoms with Gasteiger partial charge in [-0.2, -0.15) is 0 Å². The molecule has 106 valence electrons. The van der Waals surface area contributed by atoms with Crippen molar-refractivity contribution < 1.29 is 0 Å². The van der Waals surface area contributed by atoms with Gasteiger partial charge >= 0.3 is 0 Å². The summed E-state index contributed by atoms with van der Waals surface area (Å²) in [6.45, 7) is 5.76. The Morgan fingerprint density at radius 2 is 1.72 bits per heavy atom. The second-order valence-electron chi connectivity index (χ2n) is 5.94. The normalized spacial score (nSPS) is 16.2. The Labute approximate surface area is 114 Å². The van der Waals surface area contributed by atoms with Crippen LogP contribution in [-0.4, -0.2) is 12.6 Å². The highest BCUT2D eigenvalue weighted by molar-refractivity contribution is 4.98. The fourth-order valence-corrected chi connectivity index (χ4v) is 2.36. The third-order valence-electron chi connectivity index (χ3n) is 3.82. The van der Waals surface area contributed by atoms with Gasteiger partial charge in [-0.3, -0.25) is 0 Å². The van der Waals surface area contributed by atoms with Crippen molar-refractivity contribution in [2.75, 3.05) is 6.54 Å². The van der Waals surface area contributed by atoms with Crippen LogP contribution in [0.4, 0.5) is 0 Å². The Hall–Kier alpha value is -0.300. The van der Waals surface area contributed by atoms with E-state index in [1.807, 2.05) is 0 Å². The Morgan fingerprint density at radius 1 is 1.06 bits per heavy atom. The molecule has 0 bridgehead atoms. The van der Waals surface area contributed by atoms with Crippen molar-refractivity contribution in [3.8, 4) is 0 Å². The van der Waals surface area contributed by atoms with Crippen LogP contribution in [0.5, 0.6) is 0 Å². The average Bonchev–Trinajstić information content (AvgIpc) is 3.18. The van der Waals surface area contributed by atoms with Crippen molar-refractivity contribution in [1.29, 1.82) is 0 Å². The zero-order chi connectivity index (χ0) is 13.1. The van der Waals surface area contributed by atoms with Gasteiger partial charge in [0.15, 0.2) is 0 Å². The van der Waals surface area contributed by atoms with Crippen molar-refractivity contribution in [2.24, 2.45) is 0 Å². The van der Waals surface area contributed by atoms with E-state index in [1.165, 1.54) is 77.2 Å². The van der Waals surface area contributed by atoms with E-state index in [0.29, 0.717) is 0 Å². The maximum atomic E-state index is 3.56. The molecular weight excluding hydrogens is 218 g/mol. The highest BCUT2D eigenvalue weighted by Crippen LogP contribution is 2.18. The van der Waals surface area contributed by atoms with Crippen LogP contribution in [0.2, 0.25) is 0 Å². The lowest BCUT2D eigenvalue weighted by Gasteiger charge is -2.03. The van der Waals surface area contributed by atoms with Crippen LogP contribution in [0, 0.1) is 0 Å². The summed E-state index contributed by atoms with van der Waals surface area (Å²) in [5, 5.41) is 3.56. The second-order valence-corrected chi connectivity index (χ2v) is 5.94. The van der Waals surface area contributed by atoms with E-state index < -0.39 is 0 Å². The molecule has 1 nitrogen and oxygen atoms in total. The van der Waals surface area contributed by atoms with Crippen LogP contribution in [0.25, 0.3) is 0 Å². The minimum Gasteiger partial charge on any atom is -0.314 e. The number of rotatable bonds is 12. The summed E-state index contributed by atoms with van der Waals surface area (Å²) in [6.07, 6.45) is 17.7. The van der Waals surface area contributed by atoms with Gasteiger partial charge in [0.05, 0.1) is 0 Å². The smallest absolute Gasteiger partial charge is 0.00683 e. The molecule has 0 aliphatic heterocycles. The van der Waals surface area contributed by atoms with Gasteiger partial charge in [-0.1, -0.05) is 57.1 Å². The lowest BCUT2D eigenvalue weighted by atomic mass is 10.0. The molecule has 1 aliphatic carbocycles. The molecule has 1 rings (SSSR count). The van der Waals surface area contributed by atoms with E-state index in [1.54, 1.807) is 5.57 Å². The molecule has 0 atom stereocenters. The molecule has 0 aromatic carbocycles. The SMILES string of the molecule is CCCCCCCCCC(C)=CCCNC1CC1. The first-order valence-electron chi connectivity index (χ1n) is 8.22. The zero-order valence-corrected chi connectivity index (χ0v) is 12.6. The molecule has 0 spiro atoms. The van der Waals surface area contributed by atoms with E-state index in [9.17, 15) is 0 Å². The molecule has 0 radical (unpaired) electrons. The van der Waals surface area contributed by atoms with Crippen LogP contribution >= 0.6 is 0 Å². The zero-order valence-electron chi connectivity index (χ0n) is 12.6. The van der Waals surface area contributed by atoms with Gasteiger partial charge in [0, 0.05) is 6.04 Å². The van der Waals surface area contributed by atoms with Crippen molar-refractivity contribution in [2.45, 2.75) is 90.5 Å². The van der Waals surface area contributed by atoms with Gasteiger partial charge < -0.3 is 5.32 Å². The minimum absolute atomic E-state index is 0.863. The highest BCUT2D eigenvalue weighted by Gasteiger charge is 2.19. The van der Waals surface area contributed by atoms with Crippen molar-refractivity contribution in [3.05, 3.63) is 11.6 Å². The third-order valence-corrected chi connectivity index (χ3v) is 3.82. The van der Waals surface area contributed by atoms with Crippen LogP contribution in [0.1, 0.15) is 84.5 Å². The van der Waals surface area contributed by atoms with E-state index in [0.717, 1.165) is 6.04 Å². The van der Waals surface area contributed by atoms with Crippen molar-refractivity contribution in [1.82, 2.24) is 5.32 Å². The molecule has 0 amide bonds. The summed E-state index contributed by atoms with van der Waals surface area (Å²) in [4.78, 5) is 0. The molecule has 0 aromatic heterocycles. The third kappa shape index (κ3) is 9.70. The largest absolute Gasteiger partial charge is 0.314 e. The van der Waals surface area contributed by atoms with Gasteiger partial charge in [0.1, 0.15) is 0 Å². The number of allylic oxidation sites excluding steroid dienone is 1. The molecule has 0 aromatic rings. The Bertz CT molecular complexity index is 216. The maximum Gasteiger partial charge on any atom is 0.00683 e. The number of hydrogen-bond donors (Lipinski definition) is 1. The van der Waals surface area contributed by atoms with Crippen LogP contribution < -0.4 is 5.32 Å². The van der Waals surface area contributed by atoms with Gasteiger partial charge in [0.2, 0.25) is 0 Å². The fraction of sp³-hybridized carbons (Fsp3) is 0.882. The highest BCUT2D eigenvalue weighted by atomic mass is 14.9. The summed E-state index contributed by atoms with van der Waals surface area (Å²) >= 11 is 0. The van der Waals surface area contributed by atoms with Crippen molar-refractivity contribution in [3.63, 3.8) is 0 Å². The van der Waals surface area contributed by atoms with E-state index in [4.69, 9.17) is 0 Å². The van der Waals surface area contributed by atoms with Gasteiger partial charge in [-0.05, 0) is 45.6 Å². The molecule has 1 heteroatoms. The van der Waals surface area contributed by atoms with Gasteiger partial charge in [0.25, 0.3) is 0 Å². The molecular formula is C17H33N. The second kappa shape index (κ2) is 10.6. The Balaban J connectivity index is 1.82. The first kappa shape index (κ1) is 15.8. The van der Waals surface area contributed by atoms with E-state index in [-0.39, 0.29) is 0 Å². The van der Waals surface area contributed by atoms with Crippen LogP contribution in [0.15, 0.2) is 11.6 Å². The first-order valence-corrected chi connectivity index (χ1v) is 8.22. The molecule has 1 aliphatic rings. The monoisotopic (exact) mass is 251 g/mol. The predicted molar refractivity (Wildman–Crippen MR) is 82.0 cm³/mol. The van der Waals surface area contributed by atoms with E-state index in [2.05, 4.69) is 25.2 Å². The summed E-state index contributed by atoms with van der Waals surface area (Å²) < 4.78 is 0. The Kier molecular flexibility index (Phi) is 9.28. The molecule has 0 heterocycles. The quantitative estimate of drug-likeness (QED) is 0.370. The topological polar surface area (TPSA) is 12.0 Å². The number of unbranched alkanes of at least 4 members (excludes halogenated alkanes) is 6. The molecule has 0 saturated heterocycles. The van der Waals surface area contributed by atoms with Gasteiger partial charge in [-0.25, -0.2) is 0 Å². The fourth-order valence-electron chi connectivity index (χ4n) is 2.36. The first-order chi connectivity index (χ1) is 8.83. The van der Waals surface area contributed by atoms with Crippen LogP contribution in [0.3, 0.4) is 0 Å². The Morgan fingerprint density at radius 3 is 2.39 bits per heavy atom. The number of nitrogens with one attached hydrogen (secondary N) is 1. The molecule has 1 saturated carbocycles. The summed E-state index contributed by atoms with van der Waals surface area (Å²) in [5.41, 5.74) is 1.60. The standard InChI is InChI=1S/C17H33N/c1-3-4-5-6-7-8-9-11-16(2)12-10-15-18-17-13-14-17/h12,17-18H,3-11,13-15H2,1-2H3. The lowest BCUT2D eigenvalue weighted by Crippen LogP contribution is -2.16. The molecule has 1 fully saturated rings. The summed E-state index contributed by atoms with van der Waals surface area (Å²) in [5.74, 6) is 0. The number of hydrogen-bond acceptors (Lipinski definition) is 1.